The van der Waals surface area contributed by atoms with Crippen LogP contribution >= 0.6 is 0 Å². The molecule has 7 nitrogen and oxygen atoms in total. The number of aromatic nitrogens is 2. The molecule has 2 rings (SSSR count). The van der Waals surface area contributed by atoms with Crippen LogP contribution in [0.2, 0.25) is 0 Å². The smallest absolute Gasteiger partial charge is 0.226 e. The predicted molar refractivity (Wildman–Crippen MR) is 90.8 cm³/mol. The Labute approximate surface area is 141 Å². The van der Waals surface area contributed by atoms with Crippen LogP contribution in [0.4, 0.5) is 0 Å². The lowest BCUT2D eigenvalue weighted by Gasteiger charge is -2.03. The molecule has 130 valence electrons. The van der Waals surface area contributed by atoms with Crippen molar-refractivity contribution in [3.05, 3.63) is 30.2 Å². The fourth-order valence-corrected chi connectivity index (χ4v) is 2.20. The number of aryl methyl sites for hydroxylation is 1. The van der Waals surface area contributed by atoms with Crippen molar-refractivity contribution in [3.8, 4) is 17.1 Å². The predicted octanol–water partition coefficient (Wildman–Crippen LogP) is 1.79. The first-order valence-corrected chi connectivity index (χ1v) is 8.11. The minimum Gasteiger partial charge on any atom is -0.497 e. The van der Waals surface area contributed by atoms with Crippen LogP contribution in [-0.4, -0.2) is 43.3 Å². The third-order valence-electron chi connectivity index (χ3n) is 3.54. The zero-order chi connectivity index (χ0) is 17.2. The van der Waals surface area contributed by atoms with Crippen LogP contribution in [0, 0.1) is 0 Å². The molecule has 1 heterocycles. The summed E-state index contributed by atoms with van der Waals surface area (Å²) in [5, 5.41) is 9.91. The van der Waals surface area contributed by atoms with Crippen molar-refractivity contribution in [2.45, 2.75) is 25.7 Å². The lowest BCUT2D eigenvalue weighted by Crippen LogP contribution is -2.26. The molecule has 0 radical (unpaired) electrons. The Balaban J connectivity index is 1.74. The van der Waals surface area contributed by atoms with Crippen LogP contribution in [0.3, 0.4) is 0 Å². The number of hydrogen-bond acceptors (Lipinski definition) is 6. The van der Waals surface area contributed by atoms with Crippen LogP contribution in [0.25, 0.3) is 11.4 Å². The van der Waals surface area contributed by atoms with E-state index >= 15 is 0 Å². The van der Waals surface area contributed by atoms with Gasteiger partial charge in [-0.05, 0) is 50.7 Å². The first-order chi connectivity index (χ1) is 11.7. The van der Waals surface area contributed by atoms with Gasteiger partial charge in [0, 0.05) is 24.9 Å². The number of rotatable bonds is 10. The average Bonchev–Trinajstić information content (AvgIpc) is 3.08. The molecule has 7 heteroatoms. The second-order valence-electron chi connectivity index (χ2n) is 5.40. The van der Waals surface area contributed by atoms with E-state index in [9.17, 15) is 4.79 Å². The average molecular weight is 332 g/mol. The van der Waals surface area contributed by atoms with Crippen LogP contribution < -0.4 is 15.4 Å². The van der Waals surface area contributed by atoms with E-state index in [0.717, 1.165) is 24.3 Å². The molecule has 1 amide bonds. The zero-order valence-electron chi connectivity index (χ0n) is 14.2. The Morgan fingerprint density at radius 3 is 2.71 bits per heavy atom. The van der Waals surface area contributed by atoms with E-state index < -0.39 is 0 Å². The van der Waals surface area contributed by atoms with Crippen molar-refractivity contribution in [1.29, 1.82) is 0 Å². The molecule has 2 N–H and O–H groups in total. The molecule has 0 saturated carbocycles. The summed E-state index contributed by atoms with van der Waals surface area (Å²) >= 11 is 0. The first kappa shape index (κ1) is 17.9. The Hall–Kier alpha value is -2.41. The van der Waals surface area contributed by atoms with Crippen LogP contribution in [0.5, 0.6) is 5.75 Å². The summed E-state index contributed by atoms with van der Waals surface area (Å²) in [6, 6.07) is 7.46. The SMILES string of the molecule is CNCCCNC(=O)CCCc1nc(-c2ccc(OC)cc2)no1. The third kappa shape index (κ3) is 5.66. The largest absolute Gasteiger partial charge is 0.497 e. The number of nitrogens with one attached hydrogen (secondary N) is 2. The van der Waals surface area contributed by atoms with E-state index in [2.05, 4.69) is 20.8 Å². The quantitative estimate of drug-likeness (QED) is 0.645. The molecule has 0 bridgehead atoms. The maximum Gasteiger partial charge on any atom is 0.226 e. The van der Waals surface area contributed by atoms with Gasteiger partial charge in [-0.3, -0.25) is 4.79 Å². The van der Waals surface area contributed by atoms with E-state index in [-0.39, 0.29) is 5.91 Å². The minimum absolute atomic E-state index is 0.0565. The number of amides is 1. The summed E-state index contributed by atoms with van der Waals surface area (Å²) in [6.45, 7) is 1.60. The molecule has 0 fully saturated rings. The normalized spacial score (nSPS) is 10.6. The number of ether oxygens (including phenoxy) is 1. The summed E-state index contributed by atoms with van der Waals surface area (Å²) in [7, 11) is 3.52. The van der Waals surface area contributed by atoms with Gasteiger partial charge in [-0.1, -0.05) is 5.16 Å². The molecule has 0 aliphatic carbocycles. The summed E-state index contributed by atoms with van der Waals surface area (Å²) in [5.74, 6) is 1.93. The number of methoxy groups -OCH3 is 1. The molecular formula is C17H24N4O3. The van der Waals surface area contributed by atoms with Gasteiger partial charge in [0.05, 0.1) is 7.11 Å². The fourth-order valence-electron chi connectivity index (χ4n) is 2.20. The van der Waals surface area contributed by atoms with Gasteiger partial charge in [0.1, 0.15) is 5.75 Å². The number of carbonyl (C=O) groups excluding carboxylic acids is 1. The molecule has 0 spiro atoms. The van der Waals surface area contributed by atoms with Gasteiger partial charge in [0.25, 0.3) is 0 Å². The summed E-state index contributed by atoms with van der Waals surface area (Å²) < 4.78 is 10.4. The van der Waals surface area contributed by atoms with Crippen molar-refractivity contribution < 1.29 is 14.1 Å². The number of benzene rings is 1. The van der Waals surface area contributed by atoms with Crippen molar-refractivity contribution in [3.63, 3.8) is 0 Å². The van der Waals surface area contributed by atoms with Crippen LogP contribution in [0.15, 0.2) is 28.8 Å². The third-order valence-corrected chi connectivity index (χ3v) is 3.54. The Kier molecular flexibility index (Phi) is 7.22. The lowest BCUT2D eigenvalue weighted by atomic mass is 10.2. The second kappa shape index (κ2) is 9.67. The summed E-state index contributed by atoms with van der Waals surface area (Å²) in [6.07, 6.45) is 2.66. The number of carbonyl (C=O) groups is 1. The molecule has 1 aromatic heterocycles. The molecule has 2 aromatic rings. The van der Waals surface area contributed by atoms with Gasteiger partial charge in [0.15, 0.2) is 0 Å². The van der Waals surface area contributed by atoms with Gasteiger partial charge >= 0.3 is 0 Å². The van der Waals surface area contributed by atoms with Gasteiger partial charge in [-0.15, -0.1) is 0 Å². The Morgan fingerprint density at radius 1 is 1.21 bits per heavy atom. The van der Waals surface area contributed by atoms with Crippen molar-refractivity contribution in [2.24, 2.45) is 0 Å². The standard InChI is InChI=1S/C17H24N4O3/c1-18-11-4-12-19-15(22)5-3-6-16-20-17(21-24-16)13-7-9-14(23-2)10-8-13/h7-10,18H,3-6,11-12H2,1-2H3,(H,19,22). The maximum absolute atomic E-state index is 11.7. The van der Waals surface area contributed by atoms with Gasteiger partial charge in [-0.2, -0.15) is 4.98 Å². The zero-order valence-corrected chi connectivity index (χ0v) is 14.2. The molecule has 0 atom stereocenters. The van der Waals surface area contributed by atoms with E-state index in [1.165, 1.54) is 0 Å². The molecule has 1 aromatic carbocycles. The molecule has 0 unspecified atom stereocenters. The highest BCUT2D eigenvalue weighted by atomic mass is 16.5. The van der Waals surface area contributed by atoms with Gasteiger partial charge in [-0.25, -0.2) is 0 Å². The van der Waals surface area contributed by atoms with Crippen LogP contribution in [0.1, 0.15) is 25.2 Å². The highest BCUT2D eigenvalue weighted by Gasteiger charge is 2.09. The second-order valence-corrected chi connectivity index (χ2v) is 5.40. The monoisotopic (exact) mass is 332 g/mol. The lowest BCUT2D eigenvalue weighted by molar-refractivity contribution is -0.121. The molecule has 0 aliphatic heterocycles. The maximum atomic E-state index is 11.7. The number of hydrogen-bond donors (Lipinski definition) is 2. The minimum atomic E-state index is 0.0565. The van der Waals surface area contributed by atoms with E-state index in [1.54, 1.807) is 7.11 Å². The first-order valence-electron chi connectivity index (χ1n) is 8.11. The molecular weight excluding hydrogens is 308 g/mol. The van der Waals surface area contributed by atoms with Gasteiger partial charge < -0.3 is 19.9 Å². The Morgan fingerprint density at radius 2 is 2.00 bits per heavy atom. The molecule has 24 heavy (non-hydrogen) atoms. The summed E-state index contributed by atoms with van der Waals surface area (Å²) in [4.78, 5) is 16.0. The number of nitrogens with zero attached hydrogens (tertiary/aromatic N) is 2. The van der Waals surface area contributed by atoms with E-state index in [0.29, 0.717) is 37.5 Å². The van der Waals surface area contributed by atoms with E-state index in [1.807, 2.05) is 31.3 Å². The molecule has 0 saturated heterocycles. The highest BCUT2D eigenvalue weighted by molar-refractivity contribution is 5.75. The van der Waals surface area contributed by atoms with Crippen molar-refractivity contribution in [1.82, 2.24) is 20.8 Å². The van der Waals surface area contributed by atoms with Crippen LogP contribution in [-0.2, 0) is 11.2 Å². The molecule has 0 aliphatic rings. The Bertz CT molecular complexity index is 625. The topological polar surface area (TPSA) is 89.3 Å². The van der Waals surface area contributed by atoms with Crippen molar-refractivity contribution in [2.75, 3.05) is 27.2 Å². The fraction of sp³-hybridized carbons (Fsp3) is 0.471. The van der Waals surface area contributed by atoms with Crippen molar-refractivity contribution >= 4 is 5.91 Å². The summed E-state index contributed by atoms with van der Waals surface area (Å²) in [5.41, 5.74) is 0.869. The van der Waals surface area contributed by atoms with Gasteiger partial charge in [0.2, 0.25) is 17.6 Å². The highest BCUT2D eigenvalue weighted by Crippen LogP contribution is 2.20. The van der Waals surface area contributed by atoms with E-state index in [4.69, 9.17) is 9.26 Å².